The molecule has 0 radical (unpaired) electrons. The van der Waals surface area contributed by atoms with Crippen LogP contribution in [0.5, 0.6) is 0 Å². The molecule has 0 heterocycles. The maximum atomic E-state index is 13.3. The van der Waals surface area contributed by atoms with E-state index < -0.39 is 17.7 Å². The van der Waals surface area contributed by atoms with Gasteiger partial charge in [-0.25, -0.2) is 9.18 Å². The van der Waals surface area contributed by atoms with Crippen molar-refractivity contribution in [1.82, 2.24) is 0 Å². The molecule has 0 aliphatic carbocycles. The number of halogens is 1. The van der Waals surface area contributed by atoms with Crippen LogP contribution in [0, 0.1) is 5.82 Å². The molecular weight excluding hydrogens is 243 g/mol. The number of carbonyl (C=O) groups is 2. The summed E-state index contributed by atoms with van der Waals surface area (Å²) in [7, 11) is 0. The second-order valence-corrected chi connectivity index (χ2v) is 3.39. The van der Waals surface area contributed by atoms with Crippen molar-refractivity contribution in [2.45, 2.75) is 0 Å². The highest BCUT2D eigenvalue weighted by molar-refractivity contribution is 5.94. The van der Waals surface area contributed by atoms with E-state index in [9.17, 15) is 14.0 Å². The van der Waals surface area contributed by atoms with Crippen LogP contribution in [0.25, 0.3) is 0 Å². The number of anilines is 1. The number of ether oxygens (including phenoxy) is 1. The van der Waals surface area contributed by atoms with Gasteiger partial charge in [0.05, 0.1) is 17.9 Å². The Morgan fingerprint density at radius 3 is 2.78 bits per heavy atom. The summed E-state index contributed by atoms with van der Waals surface area (Å²) < 4.78 is 18.2. The first-order valence-electron chi connectivity index (χ1n) is 5.15. The maximum Gasteiger partial charge on any atom is 0.335 e. The topological polar surface area (TPSA) is 102 Å². The number of amides is 1. The first kappa shape index (κ1) is 14.1. The highest BCUT2D eigenvalue weighted by Gasteiger charge is 2.11. The van der Waals surface area contributed by atoms with Gasteiger partial charge in [0.2, 0.25) is 5.91 Å². The Labute approximate surface area is 103 Å². The van der Waals surface area contributed by atoms with Gasteiger partial charge in [0.15, 0.2) is 0 Å². The number of carbonyl (C=O) groups excluding carboxylic acids is 1. The van der Waals surface area contributed by atoms with E-state index in [2.05, 4.69) is 5.32 Å². The molecule has 0 aromatic heterocycles. The number of hydrogen-bond acceptors (Lipinski definition) is 4. The van der Waals surface area contributed by atoms with Crippen molar-refractivity contribution in [3.8, 4) is 0 Å². The van der Waals surface area contributed by atoms with Gasteiger partial charge in [0.1, 0.15) is 12.4 Å². The smallest absolute Gasteiger partial charge is 0.335 e. The van der Waals surface area contributed by atoms with Gasteiger partial charge in [-0.1, -0.05) is 0 Å². The minimum atomic E-state index is -1.20. The van der Waals surface area contributed by atoms with Gasteiger partial charge < -0.3 is 20.9 Å². The van der Waals surface area contributed by atoms with E-state index in [4.69, 9.17) is 15.6 Å². The molecule has 6 nitrogen and oxygen atoms in total. The summed E-state index contributed by atoms with van der Waals surface area (Å²) in [6.07, 6.45) is 0. The highest BCUT2D eigenvalue weighted by Crippen LogP contribution is 2.16. The summed E-state index contributed by atoms with van der Waals surface area (Å²) in [5.41, 5.74) is 4.85. The average Bonchev–Trinajstić information content (AvgIpc) is 2.32. The summed E-state index contributed by atoms with van der Waals surface area (Å²) in [6.45, 7) is 0.217. The molecule has 98 valence electrons. The fraction of sp³-hybridized carbons (Fsp3) is 0.273. The van der Waals surface area contributed by atoms with E-state index in [0.29, 0.717) is 0 Å². The Bertz CT molecular complexity index is 451. The van der Waals surface area contributed by atoms with Gasteiger partial charge in [-0.2, -0.15) is 0 Å². The van der Waals surface area contributed by atoms with Crippen molar-refractivity contribution in [3.05, 3.63) is 29.6 Å². The van der Waals surface area contributed by atoms with Crippen molar-refractivity contribution in [3.63, 3.8) is 0 Å². The molecule has 18 heavy (non-hydrogen) atoms. The Balaban J connectivity index is 2.68. The molecule has 0 spiro atoms. The molecule has 0 aliphatic rings. The minimum Gasteiger partial charge on any atom is -0.478 e. The van der Waals surface area contributed by atoms with Crippen molar-refractivity contribution < 1.29 is 23.8 Å². The minimum absolute atomic E-state index is 0.116. The predicted octanol–water partition coefficient (Wildman–Crippen LogP) is 0.438. The monoisotopic (exact) mass is 256 g/mol. The summed E-state index contributed by atoms with van der Waals surface area (Å²) in [5, 5.41) is 11.0. The van der Waals surface area contributed by atoms with Crippen molar-refractivity contribution in [2.75, 3.05) is 25.1 Å². The summed E-state index contributed by atoms with van der Waals surface area (Å²) in [6, 6.07) is 3.12. The van der Waals surface area contributed by atoms with Gasteiger partial charge in [-0.05, 0) is 18.2 Å². The third-order valence-corrected chi connectivity index (χ3v) is 1.98. The SMILES string of the molecule is NCCOCC(=O)Nc1cc(C(=O)O)ccc1F. The molecule has 0 fully saturated rings. The number of benzene rings is 1. The van der Waals surface area contributed by atoms with E-state index in [1.54, 1.807) is 0 Å². The number of nitrogens with two attached hydrogens (primary N) is 1. The number of aromatic carboxylic acids is 1. The largest absolute Gasteiger partial charge is 0.478 e. The van der Waals surface area contributed by atoms with E-state index in [1.807, 2.05) is 0 Å². The van der Waals surface area contributed by atoms with Gasteiger partial charge in [-0.3, -0.25) is 4.79 Å². The number of carboxylic acid groups (broad SMARTS) is 1. The molecule has 0 bridgehead atoms. The molecule has 0 saturated heterocycles. The van der Waals surface area contributed by atoms with Crippen molar-refractivity contribution >= 4 is 17.6 Å². The van der Waals surface area contributed by atoms with Crippen LogP contribution in [0.4, 0.5) is 10.1 Å². The van der Waals surface area contributed by atoms with Crippen LogP contribution in [0.2, 0.25) is 0 Å². The van der Waals surface area contributed by atoms with Gasteiger partial charge in [-0.15, -0.1) is 0 Å². The summed E-state index contributed by atoms with van der Waals surface area (Å²) in [5.74, 6) is -2.50. The maximum absolute atomic E-state index is 13.3. The number of nitrogens with one attached hydrogen (secondary N) is 1. The van der Waals surface area contributed by atoms with E-state index >= 15 is 0 Å². The van der Waals surface area contributed by atoms with Crippen LogP contribution >= 0.6 is 0 Å². The lowest BCUT2D eigenvalue weighted by molar-refractivity contribution is -0.120. The average molecular weight is 256 g/mol. The lowest BCUT2D eigenvalue weighted by Crippen LogP contribution is -2.21. The van der Waals surface area contributed by atoms with Crippen LogP contribution in [0.15, 0.2) is 18.2 Å². The van der Waals surface area contributed by atoms with Crippen LogP contribution in [0.3, 0.4) is 0 Å². The molecule has 0 atom stereocenters. The van der Waals surface area contributed by atoms with Crippen LogP contribution in [-0.4, -0.2) is 36.7 Å². The molecule has 0 aliphatic heterocycles. The Hall–Kier alpha value is -1.99. The standard InChI is InChI=1S/C11H13FN2O4/c12-8-2-1-7(11(16)17)5-9(8)14-10(15)6-18-4-3-13/h1-2,5H,3-4,6,13H2,(H,14,15)(H,16,17). The summed E-state index contributed by atoms with van der Waals surface area (Å²) >= 11 is 0. The van der Waals surface area contributed by atoms with Crippen LogP contribution < -0.4 is 11.1 Å². The van der Waals surface area contributed by atoms with Crippen molar-refractivity contribution in [1.29, 1.82) is 0 Å². The highest BCUT2D eigenvalue weighted by atomic mass is 19.1. The van der Waals surface area contributed by atoms with Gasteiger partial charge in [0, 0.05) is 6.54 Å². The molecule has 1 aromatic carbocycles. The van der Waals surface area contributed by atoms with Crippen LogP contribution in [0.1, 0.15) is 10.4 Å². The molecular formula is C11H13FN2O4. The zero-order valence-corrected chi connectivity index (χ0v) is 9.48. The zero-order valence-electron chi connectivity index (χ0n) is 9.48. The Kier molecular flexibility index (Phi) is 5.22. The molecule has 1 aromatic rings. The van der Waals surface area contributed by atoms with Crippen molar-refractivity contribution in [2.24, 2.45) is 5.73 Å². The third-order valence-electron chi connectivity index (χ3n) is 1.98. The zero-order chi connectivity index (χ0) is 13.5. The third kappa shape index (κ3) is 4.11. The molecule has 0 saturated carbocycles. The molecule has 1 amide bonds. The fourth-order valence-electron chi connectivity index (χ4n) is 1.19. The second kappa shape index (κ2) is 6.67. The fourth-order valence-corrected chi connectivity index (χ4v) is 1.19. The van der Waals surface area contributed by atoms with E-state index in [0.717, 1.165) is 18.2 Å². The van der Waals surface area contributed by atoms with Crippen LogP contribution in [-0.2, 0) is 9.53 Å². The first-order chi connectivity index (χ1) is 8.54. The van der Waals surface area contributed by atoms with E-state index in [-0.39, 0.29) is 31.0 Å². The number of rotatable bonds is 6. The lowest BCUT2D eigenvalue weighted by Gasteiger charge is -2.07. The van der Waals surface area contributed by atoms with Gasteiger partial charge >= 0.3 is 5.97 Å². The molecule has 0 unspecified atom stereocenters. The lowest BCUT2D eigenvalue weighted by atomic mass is 10.2. The second-order valence-electron chi connectivity index (χ2n) is 3.39. The molecule has 4 N–H and O–H groups in total. The first-order valence-corrected chi connectivity index (χ1v) is 5.15. The van der Waals surface area contributed by atoms with E-state index in [1.165, 1.54) is 0 Å². The molecule has 1 rings (SSSR count). The number of hydrogen-bond donors (Lipinski definition) is 3. The number of carboxylic acids is 1. The normalized spacial score (nSPS) is 10.1. The molecule has 7 heteroatoms. The Morgan fingerprint density at radius 1 is 1.44 bits per heavy atom. The summed E-state index contributed by atoms with van der Waals surface area (Å²) in [4.78, 5) is 22.0. The van der Waals surface area contributed by atoms with Gasteiger partial charge in [0.25, 0.3) is 0 Å². The Morgan fingerprint density at radius 2 is 2.17 bits per heavy atom. The predicted molar refractivity (Wildman–Crippen MR) is 61.9 cm³/mol. The quantitative estimate of drug-likeness (QED) is 0.641.